The zero-order valence-corrected chi connectivity index (χ0v) is 19.6. The van der Waals surface area contributed by atoms with Crippen LogP contribution in [0, 0.1) is 5.41 Å². The van der Waals surface area contributed by atoms with Crippen molar-refractivity contribution in [2.24, 2.45) is 5.41 Å². The molecular weight excluding hydrogens is 430 g/mol. The number of benzene rings is 1. The third kappa shape index (κ3) is 5.60. The molecular formula is C22H31N5O4S. The predicted molar refractivity (Wildman–Crippen MR) is 124 cm³/mol. The van der Waals surface area contributed by atoms with E-state index in [4.69, 9.17) is 5.11 Å². The van der Waals surface area contributed by atoms with Crippen LogP contribution in [0.15, 0.2) is 24.3 Å². The highest BCUT2D eigenvalue weighted by Crippen LogP contribution is 2.23. The molecule has 0 spiro atoms. The molecule has 1 aliphatic rings. The topological polar surface area (TPSA) is 117 Å². The second-order valence-corrected chi connectivity index (χ2v) is 10.0. The average Bonchev–Trinajstić information content (AvgIpc) is 3.14. The first-order chi connectivity index (χ1) is 15.2. The van der Waals surface area contributed by atoms with Crippen LogP contribution in [0.1, 0.15) is 31.3 Å². The van der Waals surface area contributed by atoms with Gasteiger partial charge in [0.15, 0.2) is 5.69 Å². The van der Waals surface area contributed by atoms with E-state index in [0.29, 0.717) is 24.0 Å². The Labute approximate surface area is 191 Å². The maximum Gasteiger partial charge on any atom is 0.273 e. The minimum atomic E-state index is -0.821. The second kappa shape index (κ2) is 10.4. The van der Waals surface area contributed by atoms with E-state index < -0.39 is 17.4 Å². The summed E-state index contributed by atoms with van der Waals surface area (Å²) in [7, 11) is 0. The summed E-state index contributed by atoms with van der Waals surface area (Å²) in [6.07, 6.45) is 0. The number of hydrogen-bond acceptors (Lipinski definition) is 6. The summed E-state index contributed by atoms with van der Waals surface area (Å²) < 4.78 is 1.56. The molecule has 1 atom stereocenters. The van der Waals surface area contributed by atoms with Gasteiger partial charge in [-0.3, -0.25) is 19.1 Å². The van der Waals surface area contributed by atoms with Gasteiger partial charge in [-0.2, -0.15) is 16.9 Å². The molecule has 9 nitrogen and oxygen atoms in total. The Bertz CT molecular complexity index is 978. The summed E-state index contributed by atoms with van der Waals surface area (Å²) in [6, 6.07) is 6.44. The lowest BCUT2D eigenvalue weighted by molar-refractivity contribution is -0.131. The van der Waals surface area contributed by atoms with Crippen LogP contribution in [0.3, 0.4) is 0 Å². The van der Waals surface area contributed by atoms with Gasteiger partial charge in [-0.25, -0.2) is 0 Å². The SMILES string of the molecule is CC(C)(C)[C@H](NC(=O)c1nn(CC(=O)N2CCSCC2)c2ccccc12)C(=O)NCCO. The fraction of sp³-hybridized carbons (Fsp3) is 0.545. The maximum atomic E-state index is 13.2. The highest BCUT2D eigenvalue weighted by atomic mass is 32.2. The van der Waals surface area contributed by atoms with Crippen molar-refractivity contribution in [3.05, 3.63) is 30.0 Å². The van der Waals surface area contributed by atoms with E-state index >= 15 is 0 Å². The van der Waals surface area contributed by atoms with Gasteiger partial charge in [0.1, 0.15) is 12.6 Å². The first-order valence-corrected chi connectivity index (χ1v) is 11.9. The van der Waals surface area contributed by atoms with E-state index in [0.717, 1.165) is 11.5 Å². The normalized spacial score (nSPS) is 15.4. The third-order valence-corrected chi connectivity index (χ3v) is 6.28. The molecule has 0 saturated carbocycles. The van der Waals surface area contributed by atoms with Crippen LogP contribution in [0.5, 0.6) is 0 Å². The van der Waals surface area contributed by atoms with Crippen LogP contribution in [0.2, 0.25) is 0 Å². The molecule has 0 aliphatic carbocycles. The smallest absolute Gasteiger partial charge is 0.273 e. The molecule has 2 aromatic rings. The van der Waals surface area contributed by atoms with E-state index in [2.05, 4.69) is 15.7 Å². The largest absolute Gasteiger partial charge is 0.395 e. The van der Waals surface area contributed by atoms with Gasteiger partial charge in [-0.1, -0.05) is 39.0 Å². The van der Waals surface area contributed by atoms with Gasteiger partial charge < -0.3 is 20.6 Å². The highest BCUT2D eigenvalue weighted by molar-refractivity contribution is 7.99. The molecule has 32 heavy (non-hydrogen) atoms. The summed E-state index contributed by atoms with van der Waals surface area (Å²) in [5.74, 6) is 0.960. The molecule has 10 heteroatoms. The van der Waals surface area contributed by atoms with Crippen LogP contribution in [0.25, 0.3) is 10.9 Å². The lowest BCUT2D eigenvalue weighted by Gasteiger charge is -2.30. The fourth-order valence-electron chi connectivity index (χ4n) is 3.61. The number of thioether (sulfide) groups is 1. The first-order valence-electron chi connectivity index (χ1n) is 10.7. The van der Waals surface area contributed by atoms with Crippen molar-refractivity contribution >= 4 is 40.4 Å². The van der Waals surface area contributed by atoms with Crippen molar-refractivity contribution in [3.8, 4) is 0 Å². The Balaban J connectivity index is 1.85. The van der Waals surface area contributed by atoms with Crippen molar-refractivity contribution in [2.75, 3.05) is 37.7 Å². The number of carbonyl (C=O) groups is 3. The Morgan fingerprint density at radius 3 is 2.53 bits per heavy atom. The zero-order chi connectivity index (χ0) is 23.3. The summed E-state index contributed by atoms with van der Waals surface area (Å²) in [4.78, 5) is 40.4. The Morgan fingerprint density at radius 1 is 1.19 bits per heavy atom. The van der Waals surface area contributed by atoms with Crippen LogP contribution in [0.4, 0.5) is 0 Å². The van der Waals surface area contributed by atoms with Crippen LogP contribution in [-0.4, -0.2) is 81.3 Å². The number of aliphatic hydroxyl groups excluding tert-OH is 1. The minimum absolute atomic E-state index is 0.0264. The first kappa shape index (κ1) is 24.1. The van der Waals surface area contributed by atoms with E-state index in [1.54, 1.807) is 10.7 Å². The molecule has 3 amide bonds. The molecule has 0 bridgehead atoms. The minimum Gasteiger partial charge on any atom is -0.395 e. The number of fused-ring (bicyclic) bond motifs is 1. The fourth-order valence-corrected chi connectivity index (χ4v) is 4.52. The lowest BCUT2D eigenvalue weighted by Crippen LogP contribution is -2.54. The van der Waals surface area contributed by atoms with Crippen molar-refractivity contribution < 1.29 is 19.5 Å². The molecule has 3 N–H and O–H groups in total. The molecule has 174 valence electrons. The van der Waals surface area contributed by atoms with E-state index in [1.165, 1.54) is 0 Å². The lowest BCUT2D eigenvalue weighted by atomic mass is 9.86. The molecule has 1 aromatic heterocycles. The van der Waals surface area contributed by atoms with E-state index in [9.17, 15) is 14.4 Å². The summed E-state index contributed by atoms with van der Waals surface area (Å²) in [5, 5.41) is 19.5. The van der Waals surface area contributed by atoms with Crippen molar-refractivity contribution in [2.45, 2.75) is 33.4 Å². The third-order valence-electron chi connectivity index (χ3n) is 5.34. The Hall–Kier alpha value is -2.59. The number of para-hydroxylation sites is 1. The van der Waals surface area contributed by atoms with Gasteiger partial charge >= 0.3 is 0 Å². The van der Waals surface area contributed by atoms with Crippen LogP contribution >= 0.6 is 11.8 Å². The van der Waals surface area contributed by atoms with Crippen molar-refractivity contribution in [3.63, 3.8) is 0 Å². The molecule has 1 aromatic carbocycles. The van der Waals surface area contributed by atoms with Gasteiger partial charge in [-0.15, -0.1) is 0 Å². The van der Waals surface area contributed by atoms with Gasteiger partial charge in [0.25, 0.3) is 5.91 Å². The van der Waals surface area contributed by atoms with Crippen LogP contribution < -0.4 is 10.6 Å². The predicted octanol–water partition coefficient (Wildman–Crippen LogP) is 0.865. The summed E-state index contributed by atoms with van der Waals surface area (Å²) in [5.41, 5.74) is 0.303. The molecule has 0 radical (unpaired) electrons. The summed E-state index contributed by atoms with van der Waals surface area (Å²) >= 11 is 1.83. The Morgan fingerprint density at radius 2 is 1.88 bits per heavy atom. The molecule has 3 rings (SSSR count). The van der Waals surface area contributed by atoms with Gasteiger partial charge in [-0.05, 0) is 11.5 Å². The number of hydrogen-bond donors (Lipinski definition) is 3. The van der Waals surface area contributed by atoms with Gasteiger partial charge in [0.05, 0.1) is 12.1 Å². The number of aromatic nitrogens is 2. The second-order valence-electron chi connectivity index (χ2n) is 8.80. The van der Waals surface area contributed by atoms with E-state index in [-0.39, 0.29) is 37.2 Å². The quantitative estimate of drug-likeness (QED) is 0.563. The average molecular weight is 462 g/mol. The van der Waals surface area contributed by atoms with Gasteiger partial charge in [0.2, 0.25) is 11.8 Å². The maximum absolute atomic E-state index is 13.2. The van der Waals surface area contributed by atoms with E-state index in [1.807, 2.05) is 55.6 Å². The van der Waals surface area contributed by atoms with Crippen molar-refractivity contribution in [1.29, 1.82) is 0 Å². The molecule has 1 fully saturated rings. The number of nitrogens with zero attached hydrogens (tertiary/aromatic N) is 3. The number of carbonyl (C=O) groups excluding carboxylic acids is 3. The number of aliphatic hydroxyl groups is 1. The van der Waals surface area contributed by atoms with Crippen LogP contribution in [-0.2, 0) is 16.1 Å². The Kier molecular flexibility index (Phi) is 7.78. The number of rotatable bonds is 7. The molecule has 0 unspecified atom stereocenters. The molecule has 1 saturated heterocycles. The highest BCUT2D eigenvalue weighted by Gasteiger charge is 2.34. The summed E-state index contributed by atoms with van der Waals surface area (Å²) in [6.45, 7) is 6.95. The number of nitrogens with one attached hydrogen (secondary N) is 2. The van der Waals surface area contributed by atoms with Gasteiger partial charge in [0, 0.05) is 36.5 Å². The molecule has 1 aliphatic heterocycles. The monoisotopic (exact) mass is 461 g/mol. The zero-order valence-electron chi connectivity index (χ0n) is 18.8. The number of amides is 3. The molecule has 2 heterocycles. The van der Waals surface area contributed by atoms with Crippen molar-refractivity contribution in [1.82, 2.24) is 25.3 Å². The standard InChI is InChI=1S/C22H31N5O4S/c1-22(2,3)19(21(31)23-8-11-28)24-20(30)18-15-6-4-5-7-16(15)27(25-18)14-17(29)26-9-12-32-13-10-26/h4-7,19,28H,8-14H2,1-3H3,(H,23,31)(H,24,30)/t19-/m1/s1.